The molecule has 2 aromatic rings. The van der Waals surface area contributed by atoms with Crippen molar-refractivity contribution in [1.82, 2.24) is 4.90 Å². The van der Waals surface area contributed by atoms with Crippen LogP contribution in [-0.2, 0) is 6.18 Å². The number of halogens is 3. The predicted molar refractivity (Wildman–Crippen MR) is 92.3 cm³/mol. The molecule has 0 aromatic heterocycles. The molecule has 0 N–H and O–H groups in total. The Labute approximate surface area is 144 Å². The van der Waals surface area contributed by atoms with Crippen LogP contribution in [0.4, 0.5) is 13.2 Å². The second-order valence-electron chi connectivity index (χ2n) is 5.98. The van der Waals surface area contributed by atoms with Gasteiger partial charge in [-0.2, -0.15) is 13.2 Å². The monoisotopic (exact) mass is 349 g/mol. The third kappa shape index (κ3) is 3.37. The second-order valence-corrected chi connectivity index (χ2v) is 7.07. The van der Waals surface area contributed by atoms with Crippen LogP contribution in [-0.4, -0.2) is 25.5 Å². The van der Waals surface area contributed by atoms with Crippen LogP contribution in [0.2, 0.25) is 0 Å². The highest BCUT2D eigenvalue weighted by Gasteiger charge is 2.37. The van der Waals surface area contributed by atoms with Gasteiger partial charge in [0.05, 0.1) is 5.56 Å². The van der Waals surface area contributed by atoms with E-state index in [-0.39, 0.29) is 0 Å². The molecule has 1 aliphatic heterocycles. The number of rotatable bonds is 3. The van der Waals surface area contributed by atoms with Gasteiger partial charge in [-0.25, -0.2) is 0 Å². The van der Waals surface area contributed by atoms with Crippen LogP contribution in [0.15, 0.2) is 58.3 Å². The summed E-state index contributed by atoms with van der Waals surface area (Å²) in [7, 11) is 3.91. The largest absolute Gasteiger partial charge is 0.417 e. The topological polar surface area (TPSA) is 3.24 Å². The molecule has 0 saturated heterocycles. The molecule has 0 bridgehead atoms. The van der Waals surface area contributed by atoms with E-state index in [0.717, 1.165) is 17.0 Å². The molecule has 0 unspecified atom stereocenters. The molecule has 0 atom stereocenters. The zero-order valence-corrected chi connectivity index (χ0v) is 14.3. The smallest absolute Gasteiger partial charge is 0.309 e. The van der Waals surface area contributed by atoms with Crippen LogP contribution in [0.5, 0.6) is 0 Å². The lowest BCUT2D eigenvalue weighted by molar-refractivity contribution is -0.137. The first kappa shape index (κ1) is 17.1. The minimum absolute atomic E-state index is 0.312. The van der Waals surface area contributed by atoms with Crippen molar-refractivity contribution < 1.29 is 13.2 Å². The van der Waals surface area contributed by atoms with Gasteiger partial charge in [-0.15, -0.1) is 0 Å². The molecule has 1 heterocycles. The maximum Gasteiger partial charge on any atom is 0.417 e. The SMILES string of the molecule is CN(C)CC/C=C1/c2ccccc2Sc2cccc(C(F)(F)F)c21. The Morgan fingerprint density at radius 2 is 1.71 bits per heavy atom. The molecule has 3 rings (SSSR count). The van der Waals surface area contributed by atoms with E-state index in [1.54, 1.807) is 6.07 Å². The highest BCUT2D eigenvalue weighted by molar-refractivity contribution is 7.99. The Balaban J connectivity index is 2.17. The Morgan fingerprint density at radius 1 is 1.00 bits per heavy atom. The lowest BCUT2D eigenvalue weighted by atomic mass is 9.92. The van der Waals surface area contributed by atoms with Crippen LogP contribution < -0.4 is 0 Å². The molecule has 0 saturated carbocycles. The minimum atomic E-state index is -4.36. The fourth-order valence-corrected chi connectivity index (χ4v) is 3.98. The molecule has 0 aliphatic carbocycles. The van der Waals surface area contributed by atoms with Gasteiger partial charge in [-0.05, 0) is 49.9 Å². The Bertz CT molecular complexity index is 778. The summed E-state index contributed by atoms with van der Waals surface area (Å²) in [5.41, 5.74) is 1.32. The summed E-state index contributed by atoms with van der Waals surface area (Å²) in [5, 5.41) is 0. The Hall–Kier alpha value is -1.72. The maximum atomic E-state index is 13.5. The first-order valence-electron chi connectivity index (χ1n) is 7.70. The summed E-state index contributed by atoms with van der Waals surface area (Å²) >= 11 is 1.41. The zero-order chi connectivity index (χ0) is 17.3. The van der Waals surface area contributed by atoms with E-state index in [1.165, 1.54) is 23.9 Å². The number of hydrogen-bond acceptors (Lipinski definition) is 2. The zero-order valence-electron chi connectivity index (χ0n) is 13.5. The number of hydrogen-bond donors (Lipinski definition) is 0. The van der Waals surface area contributed by atoms with Gasteiger partial charge in [0, 0.05) is 21.9 Å². The Kier molecular flexibility index (Phi) is 4.74. The van der Waals surface area contributed by atoms with Crippen LogP contribution in [0.25, 0.3) is 5.57 Å². The predicted octanol–water partition coefficient (Wildman–Crippen LogP) is 5.55. The fourth-order valence-electron chi connectivity index (χ4n) is 2.84. The van der Waals surface area contributed by atoms with Crippen molar-refractivity contribution in [2.75, 3.05) is 20.6 Å². The van der Waals surface area contributed by atoms with Crippen molar-refractivity contribution in [2.24, 2.45) is 0 Å². The summed E-state index contributed by atoms with van der Waals surface area (Å²) in [5.74, 6) is 0. The molecule has 0 spiro atoms. The van der Waals surface area contributed by atoms with Crippen molar-refractivity contribution in [2.45, 2.75) is 22.4 Å². The van der Waals surface area contributed by atoms with E-state index in [1.807, 2.05) is 49.3 Å². The molecule has 1 nitrogen and oxygen atoms in total. The molecule has 2 aromatic carbocycles. The van der Waals surface area contributed by atoms with Crippen molar-refractivity contribution in [1.29, 1.82) is 0 Å². The van der Waals surface area contributed by atoms with E-state index >= 15 is 0 Å². The highest BCUT2D eigenvalue weighted by atomic mass is 32.2. The molecule has 0 fully saturated rings. The lowest BCUT2D eigenvalue weighted by Crippen LogP contribution is -2.14. The van der Waals surface area contributed by atoms with Gasteiger partial charge in [0.15, 0.2) is 0 Å². The van der Waals surface area contributed by atoms with Gasteiger partial charge in [-0.3, -0.25) is 0 Å². The van der Waals surface area contributed by atoms with Gasteiger partial charge in [0.25, 0.3) is 0 Å². The Morgan fingerprint density at radius 3 is 2.42 bits per heavy atom. The van der Waals surface area contributed by atoms with Gasteiger partial charge in [0.2, 0.25) is 0 Å². The molecule has 126 valence electrons. The van der Waals surface area contributed by atoms with Crippen LogP contribution in [0.3, 0.4) is 0 Å². The minimum Gasteiger partial charge on any atom is -0.309 e. The molecule has 5 heteroatoms. The van der Waals surface area contributed by atoms with Gasteiger partial charge < -0.3 is 4.90 Å². The number of benzene rings is 2. The maximum absolute atomic E-state index is 13.5. The van der Waals surface area contributed by atoms with Gasteiger partial charge in [-0.1, -0.05) is 42.1 Å². The van der Waals surface area contributed by atoms with E-state index < -0.39 is 11.7 Å². The summed E-state index contributed by atoms with van der Waals surface area (Å²) in [6, 6.07) is 12.1. The summed E-state index contributed by atoms with van der Waals surface area (Å²) in [4.78, 5) is 3.69. The summed E-state index contributed by atoms with van der Waals surface area (Å²) in [6.07, 6.45) is -1.72. The van der Waals surface area contributed by atoms with Gasteiger partial charge >= 0.3 is 6.18 Å². The first-order valence-corrected chi connectivity index (χ1v) is 8.52. The van der Waals surface area contributed by atoms with Crippen LogP contribution >= 0.6 is 11.8 Å². The molecular weight excluding hydrogens is 331 g/mol. The summed E-state index contributed by atoms with van der Waals surface area (Å²) < 4.78 is 40.6. The summed E-state index contributed by atoms with van der Waals surface area (Å²) in [6.45, 7) is 0.794. The number of fused-ring (bicyclic) bond motifs is 2. The van der Waals surface area contributed by atoms with Crippen LogP contribution in [0, 0.1) is 0 Å². The van der Waals surface area contributed by atoms with E-state index in [2.05, 4.69) is 0 Å². The van der Waals surface area contributed by atoms with E-state index in [4.69, 9.17) is 0 Å². The normalized spacial score (nSPS) is 15.5. The van der Waals surface area contributed by atoms with E-state index in [0.29, 0.717) is 22.5 Å². The highest BCUT2D eigenvalue weighted by Crippen LogP contribution is 2.49. The average Bonchev–Trinajstić information content (AvgIpc) is 2.52. The second kappa shape index (κ2) is 6.65. The number of alkyl halides is 3. The first-order chi connectivity index (χ1) is 11.4. The van der Waals surface area contributed by atoms with Crippen molar-refractivity contribution in [3.8, 4) is 0 Å². The molecule has 1 aliphatic rings. The lowest BCUT2D eigenvalue weighted by Gasteiger charge is -2.25. The van der Waals surface area contributed by atoms with Crippen LogP contribution in [0.1, 0.15) is 23.1 Å². The number of nitrogens with zero attached hydrogens (tertiary/aromatic N) is 1. The average molecular weight is 349 g/mol. The third-order valence-electron chi connectivity index (χ3n) is 3.92. The van der Waals surface area contributed by atoms with Crippen molar-refractivity contribution >= 4 is 17.3 Å². The molecular formula is C19H18F3NS. The van der Waals surface area contributed by atoms with E-state index in [9.17, 15) is 13.2 Å². The quantitative estimate of drug-likeness (QED) is 0.609. The van der Waals surface area contributed by atoms with Crippen molar-refractivity contribution in [3.05, 3.63) is 65.2 Å². The molecule has 0 amide bonds. The molecule has 24 heavy (non-hydrogen) atoms. The molecule has 0 radical (unpaired) electrons. The van der Waals surface area contributed by atoms with Gasteiger partial charge in [0.1, 0.15) is 0 Å². The fraction of sp³-hybridized carbons (Fsp3) is 0.263. The van der Waals surface area contributed by atoms with Crippen molar-refractivity contribution in [3.63, 3.8) is 0 Å². The third-order valence-corrected chi connectivity index (χ3v) is 5.06. The standard InChI is InChI=1S/C19H18F3NS/c1-23(2)12-6-8-14-13-7-3-4-10-16(13)24-17-11-5-9-15(18(14)17)19(20,21)22/h3-5,7-11H,6,12H2,1-2H3/b14-8-.